The molecule has 5 rings (SSSR count). The highest BCUT2D eigenvalue weighted by Gasteiger charge is 2.40. The molecule has 0 bridgehead atoms. The van der Waals surface area contributed by atoms with Crippen LogP contribution in [0.3, 0.4) is 0 Å². The largest absolute Gasteiger partial charge is 0.493 e. The third-order valence-corrected chi connectivity index (χ3v) is 6.93. The molecule has 1 aliphatic heterocycles. The van der Waals surface area contributed by atoms with Gasteiger partial charge in [-0.3, -0.25) is 14.4 Å². The van der Waals surface area contributed by atoms with Gasteiger partial charge in [-0.15, -0.1) is 10.2 Å². The van der Waals surface area contributed by atoms with Gasteiger partial charge in [-0.1, -0.05) is 23.9 Å². The molecule has 0 N–H and O–H groups in total. The number of rotatable bonds is 9. The lowest BCUT2D eigenvalue weighted by atomic mass is 10.1. The third kappa shape index (κ3) is 4.59. The predicted molar refractivity (Wildman–Crippen MR) is 140 cm³/mol. The standard InChI is InChI=1S/C27H21FN4O6S/c1-36-21-12-16(13-22(37-2)23(21)38-3)24-29-30-27(39-14-20(33)15-8-10-17(28)11-9-15)31(24)32-25(34)18-6-4-5-7-19(18)26(32)35/h4-13H,14H2,1-3H3. The summed E-state index contributed by atoms with van der Waals surface area (Å²) in [7, 11) is 4.38. The first-order chi connectivity index (χ1) is 18.9. The Hall–Kier alpha value is -4.71. The molecule has 0 atom stereocenters. The monoisotopic (exact) mass is 548 g/mol. The van der Waals surface area contributed by atoms with Crippen LogP contribution in [0.25, 0.3) is 11.4 Å². The van der Waals surface area contributed by atoms with Crippen LogP contribution in [0.15, 0.2) is 65.8 Å². The molecule has 0 spiro atoms. The average Bonchev–Trinajstić information content (AvgIpc) is 3.48. The van der Waals surface area contributed by atoms with Crippen LogP contribution in [0.2, 0.25) is 0 Å². The quantitative estimate of drug-likeness (QED) is 0.174. The second kappa shape index (κ2) is 10.6. The van der Waals surface area contributed by atoms with E-state index in [0.29, 0.717) is 28.4 Å². The lowest BCUT2D eigenvalue weighted by Gasteiger charge is -2.20. The maximum atomic E-state index is 13.4. The Morgan fingerprint density at radius 2 is 1.46 bits per heavy atom. The number of methoxy groups -OCH3 is 3. The van der Waals surface area contributed by atoms with Crippen molar-refractivity contribution in [3.63, 3.8) is 0 Å². The van der Waals surface area contributed by atoms with Gasteiger partial charge < -0.3 is 14.2 Å². The molecule has 39 heavy (non-hydrogen) atoms. The number of benzene rings is 3. The van der Waals surface area contributed by atoms with Gasteiger partial charge in [-0.25, -0.2) is 4.39 Å². The fraction of sp³-hybridized carbons (Fsp3) is 0.148. The van der Waals surface area contributed by atoms with E-state index in [9.17, 15) is 18.8 Å². The number of nitrogens with zero attached hydrogens (tertiary/aromatic N) is 4. The van der Waals surface area contributed by atoms with Crippen molar-refractivity contribution < 1.29 is 33.0 Å². The minimum absolute atomic E-state index is 0.109. The highest BCUT2D eigenvalue weighted by molar-refractivity contribution is 7.99. The minimum Gasteiger partial charge on any atom is -0.493 e. The topological polar surface area (TPSA) is 113 Å². The third-order valence-electron chi connectivity index (χ3n) is 6.01. The number of ether oxygens (including phenoxy) is 3. The van der Waals surface area contributed by atoms with E-state index < -0.39 is 17.6 Å². The van der Waals surface area contributed by atoms with Crippen LogP contribution in [0.5, 0.6) is 17.2 Å². The molecule has 0 aliphatic carbocycles. The maximum absolute atomic E-state index is 13.4. The molecule has 198 valence electrons. The number of imide groups is 1. The van der Waals surface area contributed by atoms with E-state index in [4.69, 9.17) is 14.2 Å². The Labute approximate surface area is 226 Å². The molecule has 0 fully saturated rings. The second-order valence-electron chi connectivity index (χ2n) is 8.22. The number of carbonyl (C=O) groups is 3. The Balaban J connectivity index is 1.60. The van der Waals surface area contributed by atoms with E-state index in [-0.39, 0.29) is 33.6 Å². The van der Waals surface area contributed by atoms with Crippen LogP contribution in [0, 0.1) is 5.82 Å². The fourth-order valence-electron chi connectivity index (χ4n) is 4.13. The summed E-state index contributed by atoms with van der Waals surface area (Å²) in [6.07, 6.45) is 0. The van der Waals surface area contributed by atoms with Crippen LogP contribution >= 0.6 is 11.8 Å². The lowest BCUT2D eigenvalue weighted by Crippen LogP contribution is -2.41. The van der Waals surface area contributed by atoms with Gasteiger partial charge in [0.1, 0.15) is 5.82 Å². The summed E-state index contributed by atoms with van der Waals surface area (Å²) < 4.78 is 30.9. The molecule has 0 radical (unpaired) electrons. The Bertz CT molecular complexity index is 1540. The zero-order valence-corrected chi connectivity index (χ0v) is 21.8. The van der Waals surface area contributed by atoms with Gasteiger partial charge in [0.25, 0.3) is 11.8 Å². The van der Waals surface area contributed by atoms with Gasteiger partial charge in [0.2, 0.25) is 10.9 Å². The van der Waals surface area contributed by atoms with Gasteiger partial charge in [-0.05, 0) is 48.5 Å². The molecule has 4 aromatic rings. The van der Waals surface area contributed by atoms with Crippen molar-refractivity contribution in [2.75, 3.05) is 32.1 Å². The van der Waals surface area contributed by atoms with E-state index in [1.807, 2.05) is 0 Å². The number of thioether (sulfide) groups is 1. The van der Waals surface area contributed by atoms with Gasteiger partial charge in [0, 0.05) is 11.1 Å². The lowest BCUT2D eigenvalue weighted by molar-refractivity contribution is 0.0881. The van der Waals surface area contributed by atoms with Crippen molar-refractivity contribution in [1.29, 1.82) is 0 Å². The summed E-state index contributed by atoms with van der Waals surface area (Å²) in [4.78, 5) is 39.6. The molecule has 2 heterocycles. The van der Waals surface area contributed by atoms with E-state index in [0.717, 1.165) is 16.8 Å². The molecule has 2 amide bonds. The van der Waals surface area contributed by atoms with Gasteiger partial charge in [0.15, 0.2) is 23.1 Å². The van der Waals surface area contributed by atoms with Crippen molar-refractivity contribution in [1.82, 2.24) is 14.9 Å². The SMILES string of the molecule is COc1cc(-c2nnc(SCC(=O)c3ccc(F)cc3)n2N2C(=O)c3ccccc3C2=O)cc(OC)c1OC. The summed E-state index contributed by atoms with van der Waals surface area (Å²) in [6, 6.07) is 14.8. The highest BCUT2D eigenvalue weighted by Crippen LogP contribution is 2.41. The zero-order chi connectivity index (χ0) is 27.7. The van der Waals surface area contributed by atoms with Crippen molar-refractivity contribution in [3.8, 4) is 28.6 Å². The molecular weight excluding hydrogens is 527 g/mol. The number of ketones is 1. The molecule has 0 saturated carbocycles. The number of aromatic nitrogens is 3. The normalized spacial score (nSPS) is 12.5. The molecule has 0 saturated heterocycles. The maximum Gasteiger partial charge on any atom is 0.281 e. The fourth-order valence-corrected chi connectivity index (χ4v) is 4.95. The summed E-state index contributed by atoms with van der Waals surface area (Å²) in [6.45, 7) is 0. The number of hydrogen-bond acceptors (Lipinski definition) is 9. The van der Waals surface area contributed by atoms with Crippen LogP contribution in [0.4, 0.5) is 4.39 Å². The van der Waals surface area contributed by atoms with Crippen LogP contribution in [-0.2, 0) is 0 Å². The number of Topliss-reactive ketones (excluding diaryl/α,β-unsaturated/α-hetero) is 1. The smallest absolute Gasteiger partial charge is 0.281 e. The summed E-state index contributed by atoms with van der Waals surface area (Å²) in [5, 5.41) is 9.52. The Morgan fingerprint density at radius 1 is 0.872 bits per heavy atom. The van der Waals surface area contributed by atoms with Crippen molar-refractivity contribution in [3.05, 3.63) is 83.2 Å². The predicted octanol–water partition coefficient (Wildman–Crippen LogP) is 4.02. The zero-order valence-electron chi connectivity index (χ0n) is 21.0. The highest BCUT2D eigenvalue weighted by atomic mass is 32.2. The molecule has 0 unspecified atom stereocenters. The van der Waals surface area contributed by atoms with Crippen molar-refractivity contribution in [2.45, 2.75) is 5.16 Å². The average molecular weight is 549 g/mol. The van der Waals surface area contributed by atoms with Gasteiger partial charge >= 0.3 is 0 Å². The molecule has 1 aromatic heterocycles. The first-order valence-electron chi connectivity index (χ1n) is 11.5. The molecule has 1 aliphatic rings. The van der Waals surface area contributed by atoms with Crippen molar-refractivity contribution in [2.24, 2.45) is 0 Å². The Kier molecular flexibility index (Phi) is 7.03. The Morgan fingerprint density at radius 3 is 2.00 bits per heavy atom. The molecular formula is C27H21FN4O6S. The number of fused-ring (bicyclic) bond motifs is 1. The van der Waals surface area contributed by atoms with E-state index >= 15 is 0 Å². The second-order valence-corrected chi connectivity index (χ2v) is 9.16. The first-order valence-corrected chi connectivity index (χ1v) is 12.5. The van der Waals surface area contributed by atoms with Gasteiger partial charge in [-0.2, -0.15) is 9.69 Å². The number of hydrogen-bond donors (Lipinski definition) is 0. The molecule has 12 heteroatoms. The van der Waals surface area contributed by atoms with Crippen LogP contribution in [-0.4, -0.2) is 59.6 Å². The van der Waals surface area contributed by atoms with Crippen LogP contribution in [0.1, 0.15) is 31.1 Å². The number of carbonyl (C=O) groups excluding carboxylic acids is 3. The minimum atomic E-state index is -0.573. The molecule has 10 nitrogen and oxygen atoms in total. The summed E-state index contributed by atoms with van der Waals surface area (Å²) in [5.74, 6) is -0.899. The number of amides is 2. The number of halogens is 1. The van der Waals surface area contributed by atoms with Gasteiger partial charge in [0.05, 0.1) is 38.2 Å². The summed E-state index contributed by atoms with van der Waals surface area (Å²) >= 11 is 0.980. The van der Waals surface area contributed by atoms with E-state index in [2.05, 4.69) is 10.2 Å². The van der Waals surface area contributed by atoms with E-state index in [1.54, 1.807) is 36.4 Å². The molecule has 3 aromatic carbocycles. The summed E-state index contributed by atoms with van der Waals surface area (Å²) in [5.41, 5.74) is 1.17. The first kappa shape index (κ1) is 25.9. The van der Waals surface area contributed by atoms with E-state index in [1.165, 1.54) is 50.3 Å². The van der Waals surface area contributed by atoms with Crippen molar-refractivity contribution >= 4 is 29.4 Å². The van der Waals surface area contributed by atoms with Crippen LogP contribution < -0.4 is 19.2 Å².